The molecule has 2 heterocycles. The van der Waals surface area contributed by atoms with Gasteiger partial charge in [0.25, 0.3) is 5.56 Å². The molecule has 0 radical (unpaired) electrons. The predicted octanol–water partition coefficient (Wildman–Crippen LogP) is 3.86. The highest BCUT2D eigenvalue weighted by Crippen LogP contribution is 2.30. The van der Waals surface area contributed by atoms with E-state index < -0.39 is 11.9 Å². The molecule has 0 saturated carbocycles. The molecule has 1 amide bonds. The molecule has 0 saturated heterocycles. The third-order valence-corrected chi connectivity index (χ3v) is 5.73. The fraction of sp³-hybridized carbons (Fsp3) is 0.130. The Bertz CT molecular complexity index is 1340. The highest BCUT2D eigenvalue weighted by molar-refractivity contribution is 7.17. The number of rotatable bonds is 5. The van der Waals surface area contributed by atoms with Gasteiger partial charge in [0, 0.05) is 10.9 Å². The molecule has 0 unspecified atom stereocenters. The number of amides is 1. The molecule has 0 aliphatic carbocycles. The highest BCUT2D eigenvalue weighted by atomic mass is 32.1. The van der Waals surface area contributed by atoms with E-state index in [9.17, 15) is 14.4 Å². The third-order valence-electron chi connectivity index (χ3n) is 4.84. The summed E-state index contributed by atoms with van der Waals surface area (Å²) in [6.45, 7) is 1.77. The maximum Gasteiger partial charge on any atom is 0.339 e. The summed E-state index contributed by atoms with van der Waals surface area (Å²) in [6.07, 6.45) is 1.37. The number of methoxy groups -OCH3 is 1. The van der Waals surface area contributed by atoms with Crippen LogP contribution in [0.25, 0.3) is 21.3 Å². The molecule has 0 bridgehead atoms. The van der Waals surface area contributed by atoms with Crippen LogP contribution in [0.4, 0.5) is 5.69 Å². The number of hydrogen-bond acceptors (Lipinski definition) is 6. The Balaban J connectivity index is 1.64. The zero-order valence-corrected chi connectivity index (χ0v) is 17.7. The minimum absolute atomic E-state index is 0.235. The molecule has 4 rings (SSSR count). The summed E-state index contributed by atoms with van der Waals surface area (Å²) in [5.41, 5.74) is 3.10. The Morgan fingerprint density at radius 3 is 2.61 bits per heavy atom. The molecule has 4 aromatic rings. The second-order valence-electron chi connectivity index (χ2n) is 6.96. The van der Waals surface area contributed by atoms with Gasteiger partial charge in [-0.3, -0.25) is 14.2 Å². The Kier molecular flexibility index (Phi) is 5.64. The van der Waals surface area contributed by atoms with E-state index in [2.05, 4.69) is 10.3 Å². The van der Waals surface area contributed by atoms with Crippen molar-refractivity contribution in [2.24, 2.45) is 0 Å². The monoisotopic (exact) mass is 433 g/mol. The lowest BCUT2D eigenvalue weighted by molar-refractivity contribution is -0.116. The van der Waals surface area contributed by atoms with Crippen molar-refractivity contribution in [3.05, 3.63) is 81.7 Å². The first-order valence-electron chi connectivity index (χ1n) is 9.49. The number of anilines is 1. The van der Waals surface area contributed by atoms with Crippen LogP contribution in [0.2, 0.25) is 0 Å². The van der Waals surface area contributed by atoms with Gasteiger partial charge in [-0.05, 0) is 24.6 Å². The lowest BCUT2D eigenvalue weighted by Gasteiger charge is -2.10. The average molecular weight is 433 g/mol. The Hall–Kier alpha value is -3.78. The number of nitrogens with one attached hydrogen (secondary N) is 1. The molecule has 0 aliphatic heterocycles. The van der Waals surface area contributed by atoms with Gasteiger partial charge in [0.05, 0.1) is 30.1 Å². The van der Waals surface area contributed by atoms with Crippen molar-refractivity contribution in [2.45, 2.75) is 13.5 Å². The molecule has 0 spiro atoms. The first-order valence-corrected chi connectivity index (χ1v) is 10.4. The predicted molar refractivity (Wildman–Crippen MR) is 120 cm³/mol. The molecule has 0 atom stereocenters. The number of hydrogen-bond donors (Lipinski definition) is 1. The van der Waals surface area contributed by atoms with Gasteiger partial charge in [0.1, 0.15) is 11.4 Å². The Morgan fingerprint density at radius 2 is 1.87 bits per heavy atom. The molecule has 7 nitrogen and oxygen atoms in total. The van der Waals surface area contributed by atoms with Crippen molar-refractivity contribution in [1.82, 2.24) is 9.55 Å². The van der Waals surface area contributed by atoms with E-state index in [0.29, 0.717) is 15.9 Å². The van der Waals surface area contributed by atoms with Gasteiger partial charge >= 0.3 is 5.97 Å². The first kappa shape index (κ1) is 20.5. The van der Waals surface area contributed by atoms with Gasteiger partial charge in [0.15, 0.2) is 0 Å². The summed E-state index contributed by atoms with van der Waals surface area (Å²) in [6, 6.07) is 14.4. The zero-order chi connectivity index (χ0) is 22.0. The topological polar surface area (TPSA) is 90.3 Å². The standard InChI is InChI=1S/C23H19N3O4S/c1-14-7-9-15(10-8-14)17-12-31-21-20(17)22(28)26(13-24-21)11-19(27)25-18-6-4-3-5-16(18)23(29)30-2/h3-10,12-13H,11H2,1-2H3,(H,25,27). The molecular weight excluding hydrogens is 414 g/mol. The molecule has 0 fully saturated rings. The minimum atomic E-state index is -0.558. The summed E-state index contributed by atoms with van der Waals surface area (Å²) in [7, 11) is 1.27. The van der Waals surface area contributed by atoms with Crippen LogP contribution >= 0.6 is 11.3 Å². The van der Waals surface area contributed by atoms with Crippen LogP contribution in [0, 0.1) is 6.92 Å². The second kappa shape index (κ2) is 8.53. The van der Waals surface area contributed by atoms with E-state index in [-0.39, 0.29) is 17.7 Å². The van der Waals surface area contributed by atoms with E-state index in [1.54, 1.807) is 24.3 Å². The number of nitrogens with zero attached hydrogens (tertiary/aromatic N) is 2. The highest BCUT2D eigenvalue weighted by Gasteiger charge is 2.17. The minimum Gasteiger partial charge on any atom is -0.465 e. The van der Waals surface area contributed by atoms with Crippen LogP contribution in [-0.2, 0) is 16.1 Å². The maximum absolute atomic E-state index is 13.1. The van der Waals surface area contributed by atoms with E-state index in [1.165, 1.54) is 29.3 Å². The fourth-order valence-corrected chi connectivity index (χ4v) is 4.16. The van der Waals surface area contributed by atoms with E-state index in [4.69, 9.17) is 4.74 Å². The summed E-state index contributed by atoms with van der Waals surface area (Å²) in [4.78, 5) is 42.6. The number of thiophene rings is 1. The van der Waals surface area contributed by atoms with Crippen molar-refractivity contribution < 1.29 is 14.3 Å². The normalized spacial score (nSPS) is 10.8. The molecular formula is C23H19N3O4S. The molecule has 2 aromatic carbocycles. The van der Waals surface area contributed by atoms with Gasteiger partial charge in [-0.2, -0.15) is 0 Å². The SMILES string of the molecule is COC(=O)c1ccccc1NC(=O)Cn1cnc2scc(-c3ccc(C)cc3)c2c1=O. The first-order chi connectivity index (χ1) is 15.0. The molecule has 1 N–H and O–H groups in total. The van der Waals surface area contributed by atoms with Gasteiger partial charge < -0.3 is 10.1 Å². The number of carbonyl (C=O) groups excluding carboxylic acids is 2. The maximum atomic E-state index is 13.1. The van der Waals surface area contributed by atoms with Gasteiger partial charge in [-0.15, -0.1) is 11.3 Å². The number of aromatic nitrogens is 2. The lowest BCUT2D eigenvalue weighted by atomic mass is 10.1. The number of carbonyl (C=O) groups is 2. The van der Waals surface area contributed by atoms with E-state index in [1.807, 2.05) is 36.6 Å². The van der Waals surface area contributed by atoms with Gasteiger partial charge in [0.2, 0.25) is 5.91 Å². The second-order valence-corrected chi connectivity index (χ2v) is 7.82. The average Bonchev–Trinajstić information content (AvgIpc) is 3.21. The van der Waals surface area contributed by atoms with Crippen LogP contribution in [-0.4, -0.2) is 28.5 Å². The van der Waals surface area contributed by atoms with Crippen molar-refractivity contribution in [3.8, 4) is 11.1 Å². The van der Waals surface area contributed by atoms with Crippen LogP contribution in [0.1, 0.15) is 15.9 Å². The largest absolute Gasteiger partial charge is 0.465 e. The van der Waals surface area contributed by atoms with E-state index in [0.717, 1.165) is 16.7 Å². The summed E-state index contributed by atoms with van der Waals surface area (Å²) in [5.74, 6) is -1.01. The van der Waals surface area contributed by atoms with Gasteiger partial charge in [-0.25, -0.2) is 9.78 Å². The summed E-state index contributed by atoms with van der Waals surface area (Å²) in [5, 5.41) is 5.06. The smallest absolute Gasteiger partial charge is 0.339 e. The molecule has 156 valence electrons. The van der Waals surface area contributed by atoms with Crippen LogP contribution in [0.15, 0.2) is 65.0 Å². The third kappa shape index (κ3) is 4.10. The number of esters is 1. The van der Waals surface area contributed by atoms with Crippen molar-refractivity contribution in [1.29, 1.82) is 0 Å². The molecule has 0 aliphatic rings. The summed E-state index contributed by atoms with van der Waals surface area (Å²) < 4.78 is 6.01. The van der Waals surface area contributed by atoms with E-state index >= 15 is 0 Å². The lowest BCUT2D eigenvalue weighted by Crippen LogP contribution is -2.28. The number of fused-ring (bicyclic) bond motifs is 1. The molecule has 31 heavy (non-hydrogen) atoms. The number of aryl methyl sites for hydroxylation is 1. The molecule has 2 aromatic heterocycles. The quantitative estimate of drug-likeness (QED) is 0.483. The van der Waals surface area contributed by atoms with Gasteiger partial charge in [-0.1, -0.05) is 42.0 Å². The van der Waals surface area contributed by atoms with Crippen LogP contribution in [0.5, 0.6) is 0 Å². The number of ether oxygens (including phenoxy) is 1. The Labute approximate surface area is 181 Å². The van der Waals surface area contributed by atoms with Crippen molar-refractivity contribution >= 4 is 39.1 Å². The number of para-hydroxylation sites is 1. The van der Waals surface area contributed by atoms with Crippen molar-refractivity contribution in [3.63, 3.8) is 0 Å². The summed E-state index contributed by atoms with van der Waals surface area (Å²) >= 11 is 1.39. The van der Waals surface area contributed by atoms with Crippen LogP contribution < -0.4 is 10.9 Å². The Morgan fingerprint density at radius 1 is 1.13 bits per heavy atom. The fourth-order valence-electron chi connectivity index (χ4n) is 3.25. The number of benzene rings is 2. The van der Waals surface area contributed by atoms with Crippen molar-refractivity contribution in [2.75, 3.05) is 12.4 Å². The zero-order valence-electron chi connectivity index (χ0n) is 16.9. The molecule has 8 heteroatoms. The van der Waals surface area contributed by atoms with Crippen LogP contribution in [0.3, 0.4) is 0 Å².